The normalized spacial score (nSPS) is 10.9. The second kappa shape index (κ2) is 8.09. The molecular weight excluding hydrogens is 128 g/mol. The van der Waals surface area contributed by atoms with Gasteiger partial charge in [-0.25, -0.2) is 0 Å². The van der Waals surface area contributed by atoms with E-state index in [1.54, 1.807) is 0 Å². The molecule has 0 N–H and O–H groups in total. The zero-order chi connectivity index (χ0) is 6.95. The van der Waals surface area contributed by atoms with E-state index in [0.717, 1.165) is 0 Å². The van der Waals surface area contributed by atoms with E-state index in [0.29, 0.717) is 0 Å². The second-order valence-electron chi connectivity index (χ2n) is 2.00. The lowest BCUT2D eigenvalue weighted by molar-refractivity contribution is 0.897. The van der Waals surface area contributed by atoms with Crippen LogP contribution in [0.1, 0.15) is 26.7 Å². The first-order chi connectivity index (χ1) is 4.41. The molecule has 0 rings (SSSR count). The van der Waals surface area contributed by atoms with E-state index >= 15 is 0 Å². The van der Waals surface area contributed by atoms with Gasteiger partial charge in [0, 0.05) is 5.75 Å². The minimum atomic E-state index is 1.19. The fraction of sp³-hybridized carbons (Fsp3) is 0.750. The highest BCUT2D eigenvalue weighted by atomic mass is 32.2. The lowest BCUT2D eigenvalue weighted by atomic mass is 10.4. The highest BCUT2D eigenvalue weighted by Gasteiger charge is 1.82. The average molecular weight is 144 g/mol. The summed E-state index contributed by atoms with van der Waals surface area (Å²) in [6.45, 7) is 4.30. The molecule has 0 amide bonds. The largest absolute Gasteiger partial charge is 0.158 e. The standard InChI is InChI=1S/C8H16S/c1-3-5-7-9-8-6-4-2/h3,5H,4,6-8H2,1-2H3. The third-order valence-electron chi connectivity index (χ3n) is 1.09. The maximum absolute atomic E-state index is 2.23. The Bertz CT molecular complexity index is 67.0. The molecule has 0 bridgehead atoms. The van der Waals surface area contributed by atoms with Crippen molar-refractivity contribution in [3.63, 3.8) is 0 Å². The molecule has 0 saturated carbocycles. The molecule has 0 unspecified atom stereocenters. The van der Waals surface area contributed by atoms with Crippen LogP contribution in [0, 0.1) is 0 Å². The lowest BCUT2D eigenvalue weighted by Gasteiger charge is -1.92. The van der Waals surface area contributed by atoms with Crippen molar-refractivity contribution in [2.24, 2.45) is 0 Å². The van der Waals surface area contributed by atoms with Crippen LogP contribution in [-0.4, -0.2) is 11.5 Å². The minimum absolute atomic E-state index is 1.19. The van der Waals surface area contributed by atoms with Crippen LogP contribution in [0.2, 0.25) is 0 Å². The predicted molar refractivity (Wildman–Crippen MR) is 47.0 cm³/mol. The molecule has 0 atom stereocenters. The van der Waals surface area contributed by atoms with E-state index in [-0.39, 0.29) is 0 Å². The summed E-state index contributed by atoms with van der Waals surface area (Å²) in [6.07, 6.45) is 7.00. The van der Waals surface area contributed by atoms with Crippen molar-refractivity contribution >= 4 is 11.8 Å². The third-order valence-corrected chi connectivity index (χ3v) is 2.10. The average Bonchev–Trinajstić information content (AvgIpc) is 1.89. The van der Waals surface area contributed by atoms with Crippen LogP contribution in [-0.2, 0) is 0 Å². The highest BCUT2D eigenvalue weighted by molar-refractivity contribution is 7.99. The Kier molecular flexibility index (Phi) is 8.17. The smallest absolute Gasteiger partial charge is 0.0113 e. The maximum atomic E-state index is 2.23. The zero-order valence-electron chi connectivity index (χ0n) is 6.39. The van der Waals surface area contributed by atoms with Gasteiger partial charge in [0.15, 0.2) is 0 Å². The fourth-order valence-electron chi connectivity index (χ4n) is 0.494. The van der Waals surface area contributed by atoms with Gasteiger partial charge >= 0.3 is 0 Å². The topological polar surface area (TPSA) is 0 Å². The van der Waals surface area contributed by atoms with Gasteiger partial charge in [0.1, 0.15) is 0 Å². The first kappa shape index (κ1) is 9.09. The Morgan fingerprint density at radius 3 is 2.78 bits per heavy atom. The number of allylic oxidation sites excluding steroid dienone is 1. The molecule has 0 heterocycles. The number of unbranched alkanes of at least 4 members (excludes halogenated alkanes) is 1. The quantitative estimate of drug-likeness (QED) is 0.422. The Morgan fingerprint density at radius 1 is 1.44 bits per heavy atom. The third kappa shape index (κ3) is 8.09. The molecular formula is C8H16S. The summed E-state index contributed by atoms with van der Waals surface area (Å²) in [5.74, 6) is 2.51. The molecule has 0 nitrogen and oxygen atoms in total. The lowest BCUT2D eigenvalue weighted by Crippen LogP contribution is -1.77. The molecule has 0 radical (unpaired) electrons. The van der Waals surface area contributed by atoms with Crippen molar-refractivity contribution in [1.82, 2.24) is 0 Å². The van der Waals surface area contributed by atoms with Crippen molar-refractivity contribution in [2.75, 3.05) is 11.5 Å². The molecule has 0 aliphatic heterocycles. The van der Waals surface area contributed by atoms with Gasteiger partial charge in [0.25, 0.3) is 0 Å². The number of hydrogen-bond acceptors (Lipinski definition) is 1. The molecule has 0 aliphatic rings. The Morgan fingerprint density at radius 2 is 2.22 bits per heavy atom. The first-order valence-electron chi connectivity index (χ1n) is 3.60. The van der Waals surface area contributed by atoms with Crippen LogP contribution in [0.15, 0.2) is 12.2 Å². The van der Waals surface area contributed by atoms with E-state index in [2.05, 4.69) is 26.0 Å². The highest BCUT2D eigenvalue weighted by Crippen LogP contribution is 2.03. The van der Waals surface area contributed by atoms with Crippen LogP contribution in [0.25, 0.3) is 0 Å². The molecule has 0 spiro atoms. The molecule has 9 heavy (non-hydrogen) atoms. The Hall–Kier alpha value is 0.0900. The first-order valence-corrected chi connectivity index (χ1v) is 4.76. The van der Waals surface area contributed by atoms with Crippen LogP contribution in [0.3, 0.4) is 0 Å². The monoisotopic (exact) mass is 144 g/mol. The van der Waals surface area contributed by atoms with Crippen LogP contribution in [0.5, 0.6) is 0 Å². The summed E-state index contributed by atoms with van der Waals surface area (Å²) in [5.41, 5.74) is 0. The van der Waals surface area contributed by atoms with Gasteiger partial charge in [-0.05, 0) is 19.1 Å². The summed E-state index contributed by atoms with van der Waals surface area (Å²) in [4.78, 5) is 0. The number of thioether (sulfide) groups is 1. The molecule has 0 aliphatic carbocycles. The van der Waals surface area contributed by atoms with E-state index in [9.17, 15) is 0 Å². The van der Waals surface area contributed by atoms with Crippen LogP contribution < -0.4 is 0 Å². The summed E-state index contributed by atoms with van der Waals surface area (Å²) >= 11 is 2.02. The number of rotatable bonds is 5. The van der Waals surface area contributed by atoms with Crippen LogP contribution in [0.4, 0.5) is 0 Å². The molecule has 0 aromatic heterocycles. The van der Waals surface area contributed by atoms with E-state index in [1.165, 1.54) is 24.3 Å². The van der Waals surface area contributed by atoms with Crippen molar-refractivity contribution in [3.05, 3.63) is 12.2 Å². The van der Waals surface area contributed by atoms with Gasteiger partial charge in [-0.1, -0.05) is 25.5 Å². The van der Waals surface area contributed by atoms with E-state index in [4.69, 9.17) is 0 Å². The van der Waals surface area contributed by atoms with Crippen molar-refractivity contribution in [1.29, 1.82) is 0 Å². The van der Waals surface area contributed by atoms with Crippen molar-refractivity contribution in [2.45, 2.75) is 26.7 Å². The van der Waals surface area contributed by atoms with E-state index < -0.39 is 0 Å². The van der Waals surface area contributed by atoms with Gasteiger partial charge in [-0.2, -0.15) is 11.8 Å². The molecule has 0 saturated heterocycles. The second-order valence-corrected chi connectivity index (χ2v) is 3.15. The number of hydrogen-bond donors (Lipinski definition) is 0. The minimum Gasteiger partial charge on any atom is -0.158 e. The van der Waals surface area contributed by atoms with Gasteiger partial charge < -0.3 is 0 Å². The molecule has 54 valence electrons. The van der Waals surface area contributed by atoms with Gasteiger partial charge in [-0.15, -0.1) is 0 Å². The molecule has 1 heteroatoms. The predicted octanol–water partition coefficient (Wildman–Crippen LogP) is 3.10. The zero-order valence-corrected chi connectivity index (χ0v) is 7.21. The van der Waals surface area contributed by atoms with Crippen LogP contribution >= 0.6 is 11.8 Å². The Balaban J connectivity index is 2.75. The molecule has 0 aromatic rings. The van der Waals surface area contributed by atoms with Gasteiger partial charge in [0.05, 0.1) is 0 Å². The van der Waals surface area contributed by atoms with Crippen molar-refractivity contribution in [3.8, 4) is 0 Å². The summed E-state index contributed by atoms with van der Waals surface area (Å²) in [5, 5.41) is 0. The summed E-state index contributed by atoms with van der Waals surface area (Å²) < 4.78 is 0. The summed E-state index contributed by atoms with van der Waals surface area (Å²) in [7, 11) is 0. The fourth-order valence-corrected chi connectivity index (χ4v) is 1.48. The van der Waals surface area contributed by atoms with Crippen molar-refractivity contribution < 1.29 is 0 Å². The molecule has 0 fully saturated rings. The Labute approximate surface area is 62.7 Å². The maximum Gasteiger partial charge on any atom is 0.0113 e. The van der Waals surface area contributed by atoms with E-state index in [1.807, 2.05) is 11.8 Å². The SMILES string of the molecule is CC=CCSCCCC. The van der Waals surface area contributed by atoms with Gasteiger partial charge in [-0.3, -0.25) is 0 Å². The summed E-state index contributed by atoms with van der Waals surface area (Å²) in [6, 6.07) is 0. The van der Waals surface area contributed by atoms with Gasteiger partial charge in [0.2, 0.25) is 0 Å². The molecule has 0 aromatic carbocycles.